The van der Waals surface area contributed by atoms with E-state index >= 15 is 0 Å². The number of hydrogen-bond donors (Lipinski definition) is 2. The summed E-state index contributed by atoms with van der Waals surface area (Å²) >= 11 is 0. The maximum Gasteiger partial charge on any atom is 0.305 e. The molecule has 114 valence electrons. The average Bonchev–Trinajstić information content (AvgIpc) is 2.36. The molecule has 0 fully saturated rings. The smallest absolute Gasteiger partial charge is 0.305 e. The van der Waals surface area contributed by atoms with E-state index in [0.29, 0.717) is 0 Å². The first-order valence-electron chi connectivity index (χ1n) is 6.20. The van der Waals surface area contributed by atoms with Crippen LogP contribution in [0.1, 0.15) is 23.7 Å². The molecule has 1 unspecified atom stereocenters. The predicted molar refractivity (Wildman–Crippen MR) is 76.5 cm³/mol. The van der Waals surface area contributed by atoms with E-state index in [0.717, 1.165) is 0 Å². The van der Waals surface area contributed by atoms with Crippen molar-refractivity contribution in [2.75, 3.05) is 19.4 Å². The average molecular weight is 295 g/mol. The molecule has 0 saturated carbocycles. The van der Waals surface area contributed by atoms with Crippen molar-refractivity contribution in [3.63, 3.8) is 0 Å². The van der Waals surface area contributed by atoms with Gasteiger partial charge in [0.2, 0.25) is 0 Å². The van der Waals surface area contributed by atoms with Crippen LogP contribution in [0.4, 0.5) is 11.4 Å². The minimum atomic E-state index is -1.02. The Balaban J connectivity index is 3.12. The third kappa shape index (κ3) is 4.44. The Bertz CT molecular complexity index is 571. The summed E-state index contributed by atoms with van der Waals surface area (Å²) in [6, 6.07) is 3.45. The maximum atomic E-state index is 11.9. The fourth-order valence-corrected chi connectivity index (χ4v) is 1.78. The predicted octanol–water partition coefficient (Wildman–Crippen LogP) is 1.57. The highest BCUT2D eigenvalue weighted by molar-refractivity contribution is 5.95. The number of benzene rings is 1. The van der Waals surface area contributed by atoms with Crippen LogP contribution in [0.25, 0.3) is 0 Å². The van der Waals surface area contributed by atoms with E-state index in [9.17, 15) is 19.7 Å². The van der Waals surface area contributed by atoms with Crippen molar-refractivity contribution in [3.8, 4) is 0 Å². The van der Waals surface area contributed by atoms with Crippen LogP contribution in [-0.2, 0) is 4.79 Å². The Morgan fingerprint density at radius 3 is 2.52 bits per heavy atom. The molecule has 0 radical (unpaired) electrons. The highest BCUT2D eigenvalue weighted by Crippen LogP contribution is 2.27. The van der Waals surface area contributed by atoms with E-state index in [1.165, 1.54) is 23.1 Å². The third-order valence-corrected chi connectivity index (χ3v) is 2.73. The molecule has 21 heavy (non-hydrogen) atoms. The Morgan fingerprint density at radius 2 is 2.05 bits per heavy atom. The monoisotopic (exact) mass is 295 g/mol. The van der Waals surface area contributed by atoms with Crippen molar-refractivity contribution in [1.29, 1.82) is 0 Å². The number of carbonyl (C=O) groups excluding carboxylic acids is 1. The maximum absolute atomic E-state index is 11.9. The number of nitrogens with zero attached hydrogens (tertiary/aromatic N) is 2. The fourth-order valence-electron chi connectivity index (χ4n) is 1.78. The van der Waals surface area contributed by atoms with Gasteiger partial charge in [0.25, 0.3) is 11.6 Å². The molecule has 0 saturated heterocycles. The van der Waals surface area contributed by atoms with Gasteiger partial charge < -0.3 is 15.3 Å². The van der Waals surface area contributed by atoms with Crippen LogP contribution in [0.5, 0.6) is 0 Å². The molecule has 0 aliphatic heterocycles. The standard InChI is InChI=1S/C13H17N3O5/c1-8(6-12(17)18)14-10-7-9(13(19)15(2)3)4-5-11(10)16(20)21/h4-5,7-8,14H,6H2,1-3H3,(H,17,18). The number of nitro groups is 1. The van der Waals surface area contributed by atoms with Crippen LogP contribution in [0, 0.1) is 10.1 Å². The number of carboxylic acids is 1. The number of amides is 1. The molecule has 8 heteroatoms. The van der Waals surface area contributed by atoms with Crippen molar-refractivity contribution < 1.29 is 19.6 Å². The van der Waals surface area contributed by atoms with Crippen LogP contribution in [0.15, 0.2) is 18.2 Å². The summed E-state index contributed by atoms with van der Waals surface area (Å²) < 4.78 is 0. The normalized spacial score (nSPS) is 11.6. The lowest BCUT2D eigenvalue weighted by Crippen LogP contribution is -2.23. The number of aliphatic carboxylic acids is 1. The first kappa shape index (κ1) is 16.4. The van der Waals surface area contributed by atoms with Gasteiger partial charge in [-0.1, -0.05) is 0 Å². The second-order valence-corrected chi connectivity index (χ2v) is 4.83. The van der Waals surface area contributed by atoms with Gasteiger partial charge in [-0.3, -0.25) is 19.7 Å². The zero-order valence-corrected chi connectivity index (χ0v) is 12.0. The first-order chi connectivity index (χ1) is 9.72. The zero-order valence-electron chi connectivity index (χ0n) is 12.0. The summed E-state index contributed by atoms with van der Waals surface area (Å²) in [5.74, 6) is -1.31. The summed E-state index contributed by atoms with van der Waals surface area (Å²) in [5.41, 5.74) is 0.208. The van der Waals surface area contributed by atoms with Gasteiger partial charge in [-0.25, -0.2) is 0 Å². The molecule has 1 aromatic rings. The number of nitrogens with one attached hydrogen (secondary N) is 1. The number of rotatable bonds is 6. The zero-order chi connectivity index (χ0) is 16.2. The summed E-state index contributed by atoms with van der Waals surface area (Å²) in [6.07, 6.45) is -0.191. The number of hydrogen-bond acceptors (Lipinski definition) is 5. The molecule has 0 aromatic heterocycles. The Morgan fingerprint density at radius 1 is 1.43 bits per heavy atom. The van der Waals surface area contributed by atoms with E-state index in [-0.39, 0.29) is 29.3 Å². The highest BCUT2D eigenvalue weighted by atomic mass is 16.6. The van der Waals surface area contributed by atoms with Crippen molar-refractivity contribution in [2.45, 2.75) is 19.4 Å². The van der Waals surface area contributed by atoms with E-state index < -0.39 is 16.9 Å². The second kappa shape index (κ2) is 6.69. The summed E-state index contributed by atoms with van der Waals surface area (Å²) in [4.78, 5) is 34.3. The summed E-state index contributed by atoms with van der Waals surface area (Å²) in [5, 5.41) is 22.5. The minimum absolute atomic E-state index is 0.126. The van der Waals surface area contributed by atoms with Crippen LogP contribution in [0.3, 0.4) is 0 Å². The van der Waals surface area contributed by atoms with Crippen molar-refractivity contribution in [2.24, 2.45) is 0 Å². The topological polar surface area (TPSA) is 113 Å². The van der Waals surface area contributed by atoms with Gasteiger partial charge in [0.05, 0.1) is 11.3 Å². The molecule has 2 N–H and O–H groups in total. The molecule has 1 atom stereocenters. The molecule has 1 amide bonds. The van der Waals surface area contributed by atoms with Gasteiger partial charge in [0, 0.05) is 31.8 Å². The van der Waals surface area contributed by atoms with Gasteiger partial charge in [0.1, 0.15) is 5.69 Å². The van der Waals surface area contributed by atoms with Gasteiger partial charge in [-0.05, 0) is 19.1 Å². The van der Waals surface area contributed by atoms with Gasteiger partial charge in [0.15, 0.2) is 0 Å². The molecular formula is C13H17N3O5. The first-order valence-corrected chi connectivity index (χ1v) is 6.20. The lowest BCUT2D eigenvalue weighted by atomic mass is 10.1. The molecule has 1 aromatic carbocycles. The Labute approximate surface area is 121 Å². The van der Waals surface area contributed by atoms with Crippen molar-refractivity contribution in [3.05, 3.63) is 33.9 Å². The lowest BCUT2D eigenvalue weighted by Gasteiger charge is -2.15. The quantitative estimate of drug-likeness (QED) is 0.608. The summed E-state index contributed by atoms with van der Waals surface area (Å²) in [7, 11) is 3.15. The van der Waals surface area contributed by atoms with Gasteiger partial charge in [-0.2, -0.15) is 0 Å². The van der Waals surface area contributed by atoms with Crippen LogP contribution in [0.2, 0.25) is 0 Å². The SMILES string of the molecule is CC(CC(=O)O)Nc1cc(C(=O)N(C)C)ccc1[N+](=O)[O-]. The molecule has 1 rings (SSSR count). The number of carbonyl (C=O) groups is 2. The Kier molecular flexibility index (Phi) is 5.23. The van der Waals surface area contributed by atoms with Crippen LogP contribution >= 0.6 is 0 Å². The van der Waals surface area contributed by atoms with Gasteiger partial charge >= 0.3 is 5.97 Å². The third-order valence-electron chi connectivity index (χ3n) is 2.73. The van der Waals surface area contributed by atoms with Gasteiger partial charge in [-0.15, -0.1) is 0 Å². The molecule has 0 bridgehead atoms. The summed E-state index contributed by atoms with van der Waals surface area (Å²) in [6.45, 7) is 1.60. The van der Waals surface area contributed by atoms with E-state index in [2.05, 4.69) is 5.32 Å². The molecule has 8 nitrogen and oxygen atoms in total. The largest absolute Gasteiger partial charge is 0.481 e. The van der Waals surface area contributed by atoms with E-state index in [1.807, 2.05) is 0 Å². The fraction of sp³-hybridized carbons (Fsp3) is 0.385. The van der Waals surface area contributed by atoms with Crippen LogP contribution in [-0.4, -0.2) is 46.9 Å². The molecule has 0 spiro atoms. The second-order valence-electron chi connectivity index (χ2n) is 4.83. The lowest BCUT2D eigenvalue weighted by molar-refractivity contribution is -0.384. The molecular weight excluding hydrogens is 278 g/mol. The Hall–Kier alpha value is -2.64. The van der Waals surface area contributed by atoms with E-state index in [4.69, 9.17) is 5.11 Å². The molecule has 0 aliphatic carbocycles. The highest BCUT2D eigenvalue weighted by Gasteiger charge is 2.19. The molecule has 0 heterocycles. The van der Waals surface area contributed by atoms with Crippen molar-refractivity contribution >= 4 is 23.3 Å². The van der Waals surface area contributed by atoms with Crippen molar-refractivity contribution in [1.82, 2.24) is 4.90 Å². The van der Waals surface area contributed by atoms with Crippen LogP contribution < -0.4 is 5.32 Å². The number of nitro benzene ring substituents is 1. The molecule has 0 aliphatic rings. The number of anilines is 1. The number of carboxylic acid groups (broad SMARTS) is 1. The van der Waals surface area contributed by atoms with E-state index in [1.54, 1.807) is 21.0 Å². The minimum Gasteiger partial charge on any atom is -0.481 e.